The highest BCUT2D eigenvalue weighted by atomic mass is 79.9. The van der Waals surface area contributed by atoms with Gasteiger partial charge in [0.2, 0.25) is 5.91 Å². The van der Waals surface area contributed by atoms with Crippen LogP contribution < -0.4 is 24.8 Å². The molecule has 11 heteroatoms. The quantitative estimate of drug-likeness (QED) is 0.257. The number of methoxy groups -OCH3 is 2. The number of nitrogens with one attached hydrogen (secondary N) is 2. The lowest BCUT2D eigenvalue weighted by atomic mass is 10.1. The first-order valence-corrected chi connectivity index (χ1v) is 12.5. The molecule has 3 aromatic rings. The minimum absolute atomic E-state index is 0.0123. The summed E-state index contributed by atoms with van der Waals surface area (Å²) in [7, 11) is 2.95. The molecule has 1 heterocycles. The monoisotopic (exact) mass is 599 g/mol. The van der Waals surface area contributed by atoms with Crippen LogP contribution in [0.2, 0.25) is 5.02 Å². The third-order valence-corrected chi connectivity index (χ3v) is 6.31. The van der Waals surface area contributed by atoms with Crippen LogP contribution in [0.3, 0.4) is 0 Å². The fraction of sp³-hybridized carbons (Fsp3) is 0.148. The van der Waals surface area contributed by atoms with E-state index in [0.717, 1.165) is 14.9 Å². The molecule has 0 atom stereocenters. The fourth-order valence-corrected chi connectivity index (χ4v) is 4.20. The summed E-state index contributed by atoms with van der Waals surface area (Å²) in [6.07, 6.45) is 1.45. The number of ether oxygens (including phenoxy) is 3. The number of halogens is 2. The summed E-state index contributed by atoms with van der Waals surface area (Å²) in [5, 5.41) is 5.40. The number of urea groups is 1. The van der Waals surface area contributed by atoms with Gasteiger partial charge < -0.3 is 24.8 Å². The molecule has 4 amide bonds. The van der Waals surface area contributed by atoms with Crippen LogP contribution in [0.4, 0.5) is 10.5 Å². The minimum atomic E-state index is -0.719. The average molecular weight is 601 g/mol. The molecule has 0 aromatic heterocycles. The SMILES string of the molecule is COc1ccccc1NC(=O)CN1C(=O)N/C(=C/c2cc(Cl)c(OCc3ccc(Br)cc3)c(OC)c2)C1=O. The Balaban J connectivity index is 1.47. The number of anilines is 1. The third-order valence-electron chi connectivity index (χ3n) is 5.50. The Hall–Kier alpha value is -4.02. The summed E-state index contributed by atoms with van der Waals surface area (Å²) in [6.45, 7) is -0.211. The van der Waals surface area contributed by atoms with E-state index in [1.165, 1.54) is 20.3 Å². The van der Waals surface area contributed by atoms with Crippen molar-refractivity contribution in [3.63, 3.8) is 0 Å². The first-order valence-electron chi connectivity index (χ1n) is 11.3. The summed E-state index contributed by atoms with van der Waals surface area (Å²) in [5.74, 6) is -0.0669. The third kappa shape index (κ3) is 6.27. The van der Waals surface area contributed by atoms with E-state index in [-0.39, 0.29) is 17.3 Å². The molecule has 0 bridgehead atoms. The molecule has 1 saturated heterocycles. The van der Waals surface area contributed by atoms with E-state index in [9.17, 15) is 14.4 Å². The highest BCUT2D eigenvalue weighted by molar-refractivity contribution is 9.10. The number of hydrogen-bond donors (Lipinski definition) is 2. The highest BCUT2D eigenvalue weighted by Crippen LogP contribution is 2.37. The van der Waals surface area contributed by atoms with Crippen LogP contribution in [-0.2, 0) is 16.2 Å². The van der Waals surface area contributed by atoms with Crippen LogP contribution in [-0.4, -0.2) is 43.5 Å². The van der Waals surface area contributed by atoms with Crippen LogP contribution in [0, 0.1) is 0 Å². The lowest BCUT2D eigenvalue weighted by Crippen LogP contribution is -2.38. The Labute approximate surface area is 232 Å². The van der Waals surface area contributed by atoms with Gasteiger partial charge in [-0.3, -0.25) is 9.59 Å². The van der Waals surface area contributed by atoms with Gasteiger partial charge in [0.15, 0.2) is 11.5 Å². The Bertz CT molecular complexity index is 1410. The van der Waals surface area contributed by atoms with Crippen molar-refractivity contribution in [2.45, 2.75) is 6.61 Å². The molecule has 38 heavy (non-hydrogen) atoms. The van der Waals surface area contributed by atoms with Crippen LogP contribution >= 0.6 is 27.5 Å². The van der Waals surface area contributed by atoms with Gasteiger partial charge in [0.1, 0.15) is 24.6 Å². The highest BCUT2D eigenvalue weighted by Gasteiger charge is 2.35. The fourth-order valence-electron chi connectivity index (χ4n) is 3.66. The van der Waals surface area contributed by atoms with Gasteiger partial charge >= 0.3 is 6.03 Å². The van der Waals surface area contributed by atoms with Crippen molar-refractivity contribution in [1.29, 1.82) is 0 Å². The van der Waals surface area contributed by atoms with Gasteiger partial charge in [0.25, 0.3) is 5.91 Å². The van der Waals surface area contributed by atoms with E-state index in [0.29, 0.717) is 28.5 Å². The molecule has 3 aromatic carbocycles. The maximum Gasteiger partial charge on any atom is 0.329 e. The van der Waals surface area contributed by atoms with Crippen LogP contribution in [0.15, 0.2) is 70.8 Å². The standard InChI is InChI=1S/C27H23BrClN3O6/c1-36-22-6-4-3-5-20(22)30-24(33)14-32-26(34)21(31-27(32)35)12-17-11-19(29)25(23(13-17)37-2)38-15-16-7-9-18(28)10-8-16/h3-13H,14-15H2,1-2H3,(H,30,33)(H,31,35)/b21-12+. The van der Waals surface area contributed by atoms with Gasteiger partial charge in [-0.25, -0.2) is 9.69 Å². The summed E-state index contributed by atoms with van der Waals surface area (Å²) < 4.78 is 17.5. The zero-order valence-electron chi connectivity index (χ0n) is 20.4. The Kier molecular flexibility index (Phi) is 8.55. The van der Waals surface area contributed by atoms with Gasteiger partial charge in [-0.1, -0.05) is 51.8 Å². The molecule has 0 saturated carbocycles. The van der Waals surface area contributed by atoms with Crippen LogP contribution in [0.25, 0.3) is 6.08 Å². The Morgan fingerprint density at radius 3 is 2.47 bits per heavy atom. The van der Waals surface area contributed by atoms with Crippen molar-refractivity contribution in [3.05, 3.63) is 87.0 Å². The molecule has 1 fully saturated rings. The molecule has 0 aliphatic carbocycles. The Morgan fingerprint density at radius 1 is 1.05 bits per heavy atom. The summed E-state index contributed by atoms with van der Waals surface area (Å²) >= 11 is 9.86. The molecule has 4 rings (SSSR count). The number of benzene rings is 3. The number of nitrogens with zero attached hydrogens (tertiary/aromatic N) is 1. The number of hydrogen-bond acceptors (Lipinski definition) is 6. The number of para-hydroxylation sites is 2. The molecule has 196 valence electrons. The molecular weight excluding hydrogens is 578 g/mol. The molecule has 0 spiro atoms. The largest absolute Gasteiger partial charge is 0.495 e. The molecule has 2 N–H and O–H groups in total. The van der Waals surface area contributed by atoms with Gasteiger partial charge in [0.05, 0.1) is 24.9 Å². The Morgan fingerprint density at radius 2 is 1.76 bits per heavy atom. The summed E-state index contributed by atoms with van der Waals surface area (Å²) in [4.78, 5) is 38.7. The molecule has 0 unspecified atom stereocenters. The minimum Gasteiger partial charge on any atom is -0.495 e. The van der Waals surface area contributed by atoms with E-state index >= 15 is 0 Å². The maximum absolute atomic E-state index is 12.9. The number of carbonyl (C=O) groups excluding carboxylic acids is 3. The predicted octanol–water partition coefficient (Wildman–Crippen LogP) is 5.23. The topological polar surface area (TPSA) is 106 Å². The molecule has 9 nitrogen and oxygen atoms in total. The average Bonchev–Trinajstić information content (AvgIpc) is 3.16. The lowest BCUT2D eigenvalue weighted by molar-refractivity contribution is -0.127. The van der Waals surface area contributed by atoms with Crippen molar-refractivity contribution in [1.82, 2.24) is 10.2 Å². The van der Waals surface area contributed by atoms with Crippen molar-refractivity contribution < 1.29 is 28.6 Å². The van der Waals surface area contributed by atoms with Crippen molar-refractivity contribution in [3.8, 4) is 17.2 Å². The number of imide groups is 1. The van der Waals surface area contributed by atoms with E-state index in [4.69, 9.17) is 25.8 Å². The van der Waals surface area contributed by atoms with Crippen LogP contribution in [0.5, 0.6) is 17.2 Å². The zero-order valence-corrected chi connectivity index (χ0v) is 22.8. The second-order valence-corrected chi connectivity index (χ2v) is 9.40. The second kappa shape index (κ2) is 12.0. The maximum atomic E-state index is 12.9. The summed E-state index contributed by atoms with van der Waals surface area (Å²) in [5.41, 5.74) is 1.84. The van der Waals surface area contributed by atoms with E-state index in [1.807, 2.05) is 24.3 Å². The van der Waals surface area contributed by atoms with E-state index < -0.39 is 24.4 Å². The molecule has 1 aliphatic rings. The zero-order chi connectivity index (χ0) is 27.2. The molecular formula is C27H23BrClN3O6. The second-order valence-electron chi connectivity index (χ2n) is 8.08. The van der Waals surface area contributed by atoms with Gasteiger partial charge in [-0.05, 0) is 53.6 Å². The van der Waals surface area contributed by atoms with Crippen molar-refractivity contribution >= 4 is 57.1 Å². The van der Waals surface area contributed by atoms with E-state index in [2.05, 4.69) is 26.6 Å². The predicted molar refractivity (Wildman–Crippen MR) is 146 cm³/mol. The van der Waals surface area contributed by atoms with Gasteiger partial charge in [0, 0.05) is 4.47 Å². The molecule has 1 aliphatic heterocycles. The number of amides is 4. The number of rotatable bonds is 9. The van der Waals surface area contributed by atoms with Gasteiger partial charge in [-0.2, -0.15) is 0 Å². The van der Waals surface area contributed by atoms with Crippen molar-refractivity contribution in [2.24, 2.45) is 0 Å². The smallest absolute Gasteiger partial charge is 0.329 e. The van der Waals surface area contributed by atoms with Crippen LogP contribution in [0.1, 0.15) is 11.1 Å². The number of carbonyl (C=O) groups is 3. The molecule has 0 radical (unpaired) electrons. The van der Waals surface area contributed by atoms with E-state index in [1.54, 1.807) is 36.4 Å². The first-order chi connectivity index (χ1) is 18.3. The lowest BCUT2D eigenvalue weighted by Gasteiger charge is -2.14. The van der Waals surface area contributed by atoms with Gasteiger partial charge in [-0.15, -0.1) is 0 Å². The first kappa shape index (κ1) is 27.0. The normalized spacial score (nSPS) is 13.9. The summed E-state index contributed by atoms with van der Waals surface area (Å²) in [6, 6.07) is 17.0. The van der Waals surface area contributed by atoms with Crippen molar-refractivity contribution in [2.75, 3.05) is 26.1 Å².